The van der Waals surface area contributed by atoms with Gasteiger partial charge < -0.3 is 24.5 Å². The summed E-state index contributed by atoms with van der Waals surface area (Å²) in [6, 6.07) is 2.48. The molecule has 0 saturated carbocycles. The van der Waals surface area contributed by atoms with Gasteiger partial charge in [0.1, 0.15) is 23.9 Å². The summed E-state index contributed by atoms with van der Waals surface area (Å²) in [5.74, 6) is -2.73. The number of pyridine rings is 1. The Hall–Kier alpha value is -4.03. The Labute approximate surface area is 184 Å². The van der Waals surface area contributed by atoms with Crippen molar-refractivity contribution >= 4 is 28.5 Å². The number of aromatic carboxylic acids is 1. The van der Waals surface area contributed by atoms with Gasteiger partial charge in [-0.05, 0) is 12.1 Å². The number of carboxylic acids is 1. The molecule has 1 aliphatic heterocycles. The molecule has 0 spiro atoms. The molecule has 33 heavy (non-hydrogen) atoms. The quantitative estimate of drug-likeness (QED) is 0.581. The van der Waals surface area contributed by atoms with Crippen LogP contribution >= 0.6 is 0 Å². The first-order valence-corrected chi connectivity index (χ1v) is 9.73. The third kappa shape index (κ3) is 4.08. The lowest BCUT2D eigenvalue weighted by Crippen LogP contribution is -2.47. The summed E-state index contributed by atoms with van der Waals surface area (Å²) in [7, 11) is 1.14. The van der Waals surface area contributed by atoms with Gasteiger partial charge in [0.25, 0.3) is 0 Å². The van der Waals surface area contributed by atoms with Crippen molar-refractivity contribution < 1.29 is 32.6 Å². The number of carbonyl (C=O) groups is 1. The van der Waals surface area contributed by atoms with E-state index >= 15 is 4.39 Å². The van der Waals surface area contributed by atoms with Crippen LogP contribution in [0.25, 0.3) is 10.9 Å². The summed E-state index contributed by atoms with van der Waals surface area (Å²) < 4.78 is 47.4. The number of fused-ring (bicyclic) bond motifs is 1. The zero-order chi connectivity index (χ0) is 23.7. The monoisotopic (exact) mass is 465 g/mol. The van der Waals surface area contributed by atoms with E-state index in [1.54, 1.807) is 18.5 Å². The SMILES string of the molecule is COn1cc(C(=O)O)c(=O)c2cc(F)c(N3CCN(c4ncccn4)CC3)c(OC(F)F)c21. The molecule has 10 nitrogen and oxygen atoms in total. The van der Waals surface area contributed by atoms with E-state index in [-0.39, 0.29) is 24.3 Å². The largest absolute Gasteiger partial charge is 0.477 e. The Morgan fingerprint density at radius 3 is 2.36 bits per heavy atom. The first-order chi connectivity index (χ1) is 15.8. The molecule has 1 aromatic carbocycles. The number of halogens is 3. The molecule has 174 valence electrons. The molecule has 0 radical (unpaired) electrons. The maximum atomic E-state index is 15.2. The fourth-order valence-corrected chi connectivity index (χ4v) is 3.76. The number of alkyl halides is 2. The van der Waals surface area contributed by atoms with Crippen LogP contribution in [0, 0.1) is 5.82 Å². The van der Waals surface area contributed by atoms with Crippen molar-refractivity contribution in [2.45, 2.75) is 6.61 Å². The number of hydrogen-bond acceptors (Lipinski definition) is 8. The molecular weight excluding hydrogens is 447 g/mol. The predicted molar refractivity (Wildman–Crippen MR) is 111 cm³/mol. The summed E-state index contributed by atoms with van der Waals surface area (Å²) in [6.07, 6.45) is 4.00. The van der Waals surface area contributed by atoms with Crippen LogP contribution in [0.3, 0.4) is 0 Å². The van der Waals surface area contributed by atoms with Gasteiger partial charge in [-0.25, -0.2) is 19.2 Å². The first-order valence-electron chi connectivity index (χ1n) is 9.73. The molecule has 0 unspecified atom stereocenters. The Balaban J connectivity index is 1.83. The first kappa shape index (κ1) is 22.2. The molecule has 1 aliphatic rings. The second-order valence-corrected chi connectivity index (χ2v) is 7.02. The fraction of sp³-hybridized carbons (Fsp3) is 0.300. The number of aromatic nitrogens is 3. The second kappa shape index (κ2) is 8.84. The Morgan fingerprint density at radius 2 is 1.79 bits per heavy atom. The van der Waals surface area contributed by atoms with Gasteiger partial charge in [0.05, 0.1) is 11.6 Å². The van der Waals surface area contributed by atoms with E-state index in [0.717, 1.165) is 24.1 Å². The lowest BCUT2D eigenvalue weighted by atomic mass is 10.1. The van der Waals surface area contributed by atoms with Gasteiger partial charge in [0.15, 0.2) is 11.6 Å². The molecule has 0 aliphatic carbocycles. The summed E-state index contributed by atoms with van der Waals surface area (Å²) in [5.41, 5.74) is -2.36. The van der Waals surface area contributed by atoms with Gasteiger partial charge in [0, 0.05) is 38.6 Å². The Morgan fingerprint density at radius 1 is 1.15 bits per heavy atom. The average Bonchev–Trinajstić information content (AvgIpc) is 2.80. The number of piperazine rings is 1. The molecule has 0 amide bonds. The van der Waals surface area contributed by atoms with Crippen molar-refractivity contribution in [3.05, 3.63) is 52.3 Å². The Bertz CT molecular complexity index is 1250. The molecule has 1 saturated heterocycles. The van der Waals surface area contributed by atoms with Gasteiger partial charge >= 0.3 is 12.6 Å². The molecule has 1 N–H and O–H groups in total. The summed E-state index contributed by atoms with van der Waals surface area (Å²) in [6.45, 7) is -2.18. The van der Waals surface area contributed by atoms with E-state index in [0.29, 0.717) is 19.0 Å². The average molecular weight is 465 g/mol. The van der Waals surface area contributed by atoms with E-state index in [1.807, 2.05) is 4.90 Å². The molecule has 2 aromatic heterocycles. The number of rotatable bonds is 6. The number of benzene rings is 1. The van der Waals surface area contributed by atoms with Crippen molar-refractivity contribution in [1.82, 2.24) is 14.7 Å². The normalized spacial score (nSPS) is 14.1. The standard InChI is InChI=1S/C20H18F3N5O5/c1-32-28-10-12(18(30)31)16(29)11-9-13(21)15(17(14(11)28)33-19(22)23)26-5-7-27(8-6-26)20-24-3-2-4-25-20/h2-4,9-10,19H,5-8H2,1H3,(H,30,31). The molecule has 4 rings (SSSR count). The van der Waals surface area contributed by atoms with Gasteiger partial charge in [-0.15, -0.1) is 0 Å². The molecule has 13 heteroatoms. The third-order valence-electron chi connectivity index (χ3n) is 5.20. The van der Waals surface area contributed by atoms with E-state index in [4.69, 9.17) is 4.84 Å². The van der Waals surface area contributed by atoms with Gasteiger partial charge in [-0.3, -0.25) is 4.79 Å². The van der Waals surface area contributed by atoms with Crippen LogP contribution < -0.4 is 24.8 Å². The zero-order valence-electron chi connectivity index (χ0n) is 17.2. The maximum Gasteiger partial charge on any atom is 0.387 e. The molecule has 0 atom stereocenters. The van der Waals surface area contributed by atoms with E-state index < -0.39 is 40.5 Å². The van der Waals surface area contributed by atoms with Gasteiger partial charge in [-0.2, -0.15) is 13.5 Å². The lowest BCUT2D eigenvalue weighted by Gasteiger charge is -2.37. The van der Waals surface area contributed by atoms with Crippen LogP contribution in [0.5, 0.6) is 5.75 Å². The smallest absolute Gasteiger partial charge is 0.387 e. The number of hydrogen-bond donors (Lipinski definition) is 1. The van der Waals surface area contributed by atoms with Gasteiger partial charge in [0.2, 0.25) is 11.4 Å². The predicted octanol–water partition coefficient (Wildman–Crippen LogP) is 1.62. The minimum atomic E-state index is -3.34. The highest BCUT2D eigenvalue weighted by Gasteiger charge is 2.30. The van der Waals surface area contributed by atoms with Crippen LogP contribution in [0.4, 0.5) is 24.8 Å². The van der Waals surface area contributed by atoms with Crippen LogP contribution in [-0.4, -0.2) is 65.7 Å². The van der Waals surface area contributed by atoms with Gasteiger partial charge in [-0.1, -0.05) is 0 Å². The van der Waals surface area contributed by atoms with Crippen molar-refractivity contribution in [3.8, 4) is 5.75 Å². The minimum Gasteiger partial charge on any atom is -0.477 e. The van der Waals surface area contributed by atoms with Crippen LogP contribution in [-0.2, 0) is 0 Å². The van der Waals surface area contributed by atoms with Crippen molar-refractivity contribution in [1.29, 1.82) is 0 Å². The molecular formula is C20H18F3N5O5. The van der Waals surface area contributed by atoms with Crippen molar-refractivity contribution in [2.75, 3.05) is 43.1 Å². The lowest BCUT2D eigenvalue weighted by molar-refractivity contribution is -0.0492. The van der Waals surface area contributed by atoms with E-state index in [9.17, 15) is 23.5 Å². The zero-order valence-corrected chi connectivity index (χ0v) is 17.2. The maximum absolute atomic E-state index is 15.2. The van der Waals surface area contributed by atoms with Crippen molar-refractivity contribution in [2.24, 2.45) is 0 Å². The van der Waals surface area contributed by atoms with Crippen LogP contribution in [0.15, 0.2) is 35.5 Å². The summed E-state index contributed by atoms with van der Waals surface area (Å²) >= 11 is 0. The summed E-state index contributed by atoms with van der Waals surface area (Å²) in [4.78, 5) is 40.8. The molecule has 3 heterocycles. The molecule has 1 fully saturated rings. The highest BCUT2D eigenvalue weighted by Crippen LogP contribution is 2.39. The van der Waals surface area contributed by atoms with Crippen LogP contribution in [0.1, 0.15) is 10.4 Å². The molecule has 3 aromatic rings. The summed E-state index contributed by atoms with van der Waals surface area (Å²) in [5, 5.41) is 8.80. The highest BCUT2D eigenvalue weighted by atomic mass is 19.3. The van der Waals surface area contributed by atoms with E-state index in [1.165, 1.54) is 4.90 Å². The number of anilines is 2. The van der Waals surface area contributed by atoms with Crippen LogP contribution in [0.2, 0.25) is 0 Å². The van der Waals surface area contributed by atoms with Crippen molar-refractivity contribution in [3.63, 3.8) is 0 Å². The topological polar surface area (TPSA) is 110 Å². The minimum absolute atomic E-state index is 0.213. The second-order valence-electron chi connectivity index (χ2n) is 7.02. The number of carboxylic acid groups (broad SMARTS) is 1. The third-order valence-corrected chi connectivity index (χ3v) is 5.20. The number of nitrogens with zero attached hydrogens (tertiary/aromatic N) is 5. The fourth-order valence-electron chi connectivity index (χ4n) is 3.76. The highest BCUT2D eigenvalue weighted by molar-refractivity contribution is 5.96. The number of ether oxygens (including phenoxy) is 1. The molecule has 0 bridgehead atoms. The Kier molecular flexibility index (Phi) is 5.94. The van der Waals surface area contributed by atoms with E-state index in [2.05, 4.69) is 14.7 Å².